The van der Waals surface area contributed by atoms with Crippen LogP contribution in [-0.4, -0.2) is 50.3 Å². The Bertz CT molecular complexity index is 639. The number of nitrogens with zero attached hydrogens (tertiary/aromatic N) is 6. The molecule has 0 atom stereocenters. The highest BCUT2D eigenvalue weighted by molar-refractivity contribution is 14.0. The first-order valence-electron chi connectivity index (χ1n) is 8.22. The van der Waals surface area contributed by atoms with Crippen LogP contribution in [-0.2, 0) is 20.1 Å². The number of halogens is 2. The van der Waals surface area contributed by atoms with Crippen molar-refractivity contribution in [3.63, 3.8) is 0 Å². The zero-order valence-electron chi connectivity index (χ0n) is 15.0. The molecule has 1 N–H and O–H groups in total. The van der Waals surface area contributed by atoms with Gasteiger partial charge in [0.2, 0.25) is 0 Å². The van der Waals surface area contributed by atoms with E-state index in [4.69, 9.17) is 4.99 Å². The van der Waals surface area contributed by atoms with Gasteiger partial charge in [0, 0.05) is 50.1 Å². The van der Waals surface area contributed by atoms with Gasteiger partial charge in [0.05, 0.1) is 6.54 Å². The van der Waals surface area contributed by atoms with E-state index >= 15 is 0 Å². The second kappa shape index (κ2) is 11.5. The maximum Gasteiger partial charge on any atom is 0.194 e. The van der Waals surface area contributed by atoms with E-state index in [0.717, 1.165) is 49.5 Å². The molecule has 7 nitrogen and oxygen atoms in total. The van der Waals surface area contributed by atoms with E-state index in [1.54, 1.807) is 12.7 Å². The summed E-state index contributed by atoms with van der Waals surface area (Å²) in [6.45, 7) is 5.52. The molecule has 9 heteroatoms. The molecule has 0 aliphatic carbocycles. The largest absolute Gasteiger partial charge is 0.357 e. The Kier molecular flexibility index (Phi) is 10.1. The van der Waals surface area contributed by atoms with Gasteiger partial charge < -0.3 is 19.4 Å². The number of hydrogen-bond donors (Lipinski definition) is 1. The van der Waals surface area contributed by atoms with Gasteiger partial charge in [-0.3, -0.25) is 4.99 Å². The average molecular weight is 524 g/mol. The maximum atomic E-state index is 4.73. The number of unbranched alkanes of at least 4 members (excludes halogenated alkanes) is 1. The van der Waals surface area contributed by atoms with Gasteiger partial charge >= 0.3 is 0 Å². The number of rotatable bonds is 8. The predicted molar refractivity (Wildman–Crippen MR) is 115 cm³/mol. The van der Waals surface area contributed by atoms with Gasteiger partial charge in [0.1, 0.15) is 12.7 Å². The fourth-order valence-electron chi connectivity index (χ4n) is 2.44. The van der Waals surface area contributed by atoms with E-state index in [9.17, 15) is 0 Å². The number of guanidine groups is 1. The molecule has 0 fully saturated rings. The fourth-order valence-corrected chi connectivity index (χ4v) is 3.01. The third kappa shape index (κ3) is 7.35. The van der Waals surface area contributed by atoms with Crippen LogP contribution in [0.15, 0.2) is 34.4 Å². The molecular weight excluding hydrogens is 497 g/mol. The molecule has 140 valence electrons. The molecule has 0 aromatic carbocycles. The average Bonchev–Trinajstić information content (AvgIpc) is 3.16. The molecule has 0 spiro atoms. The second-order valence-electron chi connectivity index (χ2n) is 5.76. The molecule has 0 amide bonds. The van der Waals surface area contributed by atoms with Crippen molar-refractivity contribution in [1.82, 2.24) is 29.5 Å². The summed E-state index contributed by atoms with van der Waals surface area (Å²) < 4.78 is 5.22. The monoisotopic (exact) mass is 523 g/mol. The Labute approximate surface area is 175 Å². The van der Waals surface area contributed by atoms with Crippen LogP contribution in [0.5, 0.6) is 0 Å². The Morgan fingerprint density at radius 3 is 2.64 bits per heavy atom. The topological polar surface area (TPSA) is 63.3 Å². The van der Waals surface area contributed by atoms with Gasteiger partial charge in [-0.2, -0.15) is 0 Å². The minimum absolute atomic E-state index is 0. The Hall–Kier alpha value is -1.10. The van der Waals surface area contributed by atoms with Crippen LogP contribution >= 0.6 is 39.9 Å². The SMILES string of the molecule is CCNC(=NCCCCn1cnnc1)N(C)Cc1cc(Br)cn1C.I. The van der Waals surface area contributed by atoms with E-state index in [1.807, 2.05) is 4.57 Å². The molecule has 25 heavy (non-hydrogen) atoms. The summed E-state index contributed by atoms with van der Waals surface area (Å²) in [7, 11) is 4.13. The van der Waals surface area contributed by atoms with E-state index in [1.165, 1.54) is 5.69 Å². The van der Waals surface area contributed by atoms with Crippen LogP contribution < -0.4 is 5.32 Å². The normalized spacial score (nSPS) is 11.3. The van der Waals surface area contributed by atoms with Crippen molar-refractivity contribution in [2.75, 3.05) is 20.1 Å². The molecule has 2 heterocycles. The minimum atomic E-state index is 0. The van der Waals surface area contributed by atoms with E-state index in [-0.39, 0.29) is 24.0 Å². The number of aryl methyl sites for hydroxylation is 2. The number of nitrogens with one attached hydrogen (secondary N) is 1. The summed E-state index contributed by atoms with van der Waals surface area (Å²) in [5, 5.41) is 11.0. The highest BCUT2D eigenvalue weighted by Crippen LogP contribution is 2.15. The molecular formula is C16H27BrIN7. The van der Waals surface area contributed by atoms with Crippen molar-refractivity contribution in [3.8, 4) is 0 Å². The number of aliphatic imine (C=N–C) groups is 1. The molecule has 0 saturated carbocycles. The van der Waals surface area contributed by atoms with Crippen molar-refractivity contribution in [1.29, 1.82) is 0 Å². The lowest BCUT2D eigenvalue weighted by atomic mass is 10.3. The van der Waals surface area contributed by atoms with Crippen molar-refractivity contribution < 1.29 is 0 Å². The van der Waals surface area contributed by atoms with Crippen LogP contribution in [0, 0.1) is 0 Å². The molecule has 0 unspecified atom stereocenters. The molecule has 2 rings (SSSR count). The molecule has 0 saturated heterocycles. The second-order valence-corrected chi connectivity index (χ2v) is 6.67. The first-order chi connectivity index (χ1) is 11.6. The lowest BCUT2D eigenvalue weighted by Gasteiger charge is -2.22. The van der Waals surface area contributed by atoms with Crippen LogP contribution in [0.2, 0.25) is 0 Å². The van der Waals surface area contributed by atoms with Crippen LogP contribution in [0.4, 0.5) is 0 Å². The molecule has 0 aliphatic heterocycles. The highest BCUT2D eigenvalue weighted by Gasteiger charge is 2.09. The standard InChI is InChI=1S/C16H26BrN7.HI/c1-4-18-16(19-7-5-6-8-24-12-20-21-13-24)23(3)11-15-9-14(17)10-22(15)2;/h9-10,12-13H,4-8,11H2,1-3H3,(H,18,19);1H. The van der Waals surface area contributed by atoms with Gasteiger partial charge in [-0.05, 0) is 41.8 Å². The Morgan fingerprint density at radius 2 is 2.04 bits per heavy atom. The summed E-state index contributed by atoms with van der Waals surface area (Å²) in [5.41, 5.74) is 1.24. The molecule has 2 aromatic heterocycles. The molecule has 0 radical (unpaired) electrons. The van der Waals surface area contributed by atoms with E-state index in [0.29, 0.717) is 0 Å². The zero-order chi connectivity index (χ0) is 17.4. The summed E-state index contributed by atoms with van der Waals surface area (Å²) in [6, 6.07) is 2.14. The van der Waals surface area contributed by atoms with Gasteiger partial charge in [-0.25, -0.2) is 0 Å². The van der Waals surface area contributed by atoms with Crippen molar-refractivity contribution in [2.45, 2.75) is 32.9 Å². The first kappa shape index (κ1) is 21.9. The van der Waals surface area contributed by atoms with Crippen molar-refractivity contribution in [3.05, 3.63) is 35.1 Å². The fraction of sp³-hybridized carbons (Fsp3) is 0.562. The van der Waals surface area contributed by atoms with Crippen molar-refractivity contribution in [2.24, 2.45) is 12.0 Å². The lowest BCUT2D eigenvalue weighted by Crippen LogP contribution is -2.38. The summed E-state index contributed by atoms with van der Waals surface area (Å²) in [5.74, 6) is 0.944. The van der Waals surface area contributed by atoms with Gasteiger partial charge in [0.15, 0.2) is 5.96 Å². The maximum absolute atomic E-state index is 4.73. The molecule has 0 bridgehead atoms. The number of aromatic nitrogens is 4. The summed E-state index contributed by atoms with van der Waals surface area (Å²) in [6.07, 6.45) is 7.67. The third-order valence-electron chi connectivity index (χ3n) is 3.72. The highest BCUT2D eigenvalue weighted by atomic mass is 127. The van der Waals surface area contributed by atoms with Crippen molar-refractivity contribution >= 4 is 45.9 Å². The summed E-state index contributed by atoms with van der Waals surface area (Å²) >= 11 is 3.52. The third-order valence-corrected chi connectivity index (χ3v) is 4.16. The molecule has 2 aromatic rings. The van der Waals surface area contributed by atoms with Crippen LogP contribution in [0.1, 0.15) is 25.5 Å². The lowest BCUT2D eigenvalue weighted by molar-refractivity contribution is 0.461. The summed E-state index contributed by atoms with van der Waals surface area (Å²) in [4.78, 5) is 6.89. The molecule has 0 aliphatic rings. The Morgan fingerprint density at radius 1 is 1.32 bits per heavy atom. The zero-order valence-corrected chi connectivity index (χ0v) is 18.9. The smallest absolute Gasteiger partial charge is 0.194 e. The van der Waals surface area contributed by atoms with Crippen LogP contribution in [0.25, 0.3) is 0 Å². The van der Waals surface area contributed by atoms with Gasteiger partial charge in [-0.1, -0.05) is 0 Å². The van der Waals surface area contributed by atoms with Gasteiger partial charge in [0.25, 0.3) is 0 Å². The first-order valence-corrected chi connectivity index (χ1v) is 9.02. The quantitative estimate of drug-likeness (QED) is 0.250. The van der Waals surface area contributed by atoms with E-state index < -0.39 is 0 Å². The predicted octanol–water partition coefficient (Wildman–Crippen LogP) is 2.87. The Balaban J connectivity index is 0.00000312. The minimum Gasteiger partial charge on any atom is -0.357 e. The number of hydrogen-bond acceptors (Lipinski definition) is 3. The van der Waals surface area contributed by atoms with E-state index in [2.05, 4.69) is 74.2 Å². The van der Waals surface area contributed by atoms with Crippen LogP contribution in [0.3, 0.4) is 0 Å². The van der Waals surface area contributed by atoms with Gasteiger partial charge in [-0.15, -0.1) is 34.2 Å².